The summed E-state index contributed by atoms with van der Waals surface area (Å²) in [6.07, 6.45) is 3.73. The number of benzene rings is 1. The Morgan fingerprint density at radius 3 is 2.48 bits per heavy atom. The van der Waals surface area contributed by atoms with Crippen LogP contribution in [0, 0.1) is 0 Å². The molecule has 1 aromatic carbocycles. The lowest BCUT2D eigenvalue weighted by Gasteiger charge is -2.08. The molecule has 6 heteroatoms. The summed E-state index contributed by atoms with van der Waals surface area (Å²) >= 11 is 11.8. The largest absolute Gasteiger partial charge is 0.354 e. The minimum atomic E-state index is -0.126. The fourth-order valence-corrected chi connectivity index (χ4v) is 2.13. The van der Waals surface area contributed by atoms with Crippen LogP contribution in [0.1, 0.15) is 23.3 Å². The molecule has 1 aliphatic carbocycles. The van der Waals surface area contributed by atoms with Crippen LogP contribution in [0.5, 0.6) is 0 Å². The fourth-order valence-electron chi connectivity index (χ4n) is 1.83. The maximum Gasteiger partial charge on any atom is 0.270 e. The van der Waals surface area contributed by atoms with Crippen molar-refractivity contribution in [2.24, 2.45) is 0 Å². The summed E-state index contributed by atoms with van der Waals surface area (Å²) < 4.78 is 0. The maximum atomic E-state index is 11.8. The van der Waals surface area contributed by atoms with Gasteiger partial charge < -0.3 is 10.6 Å². The van der Waals surface area contributed by atoms with Gasteiger partial charge in [-0.05, 0) is 43.2 Å². The first-order valence-corrected chi connectivity index (χ1v) is 7.36. The molecule has 0 unspecified atom stereocenters. The Kier molecular flexibility index (Phi) is 3.99. The zero-order valence-electron chi connectivity index (χ0n) is 11.1. The Balaban J connectivity index is 1.68. The van der Waals surface area contributed by atoms with E-state index in [4.69, 9.17) is 23.2 Å². The van der Waals surface area contributed by atoms with Gasteiger partial charge in [0.1, 0.15) is 5.69 Å². The highest BCUT2D eigenvalue weighted by Gasteiger charge is 2.24. The van der Waals surface area contributed by atoms with Crippen molar-refractivity contribution in [2.75, 3.05) is 5.32 Å². The zero-order valence-corrected chi connectivity index (χ0v) is 12.6. The number of nitrogens with one attached hydrogen (secondary N) is 2. The zero-order chi connectivity index (χ0) is 14.8. The Morgan fingerprint density at radius 2 is 1.86 bits per heavy atom. The van der Waals surface area contributed by atoms with Crippen molar-refractivity contribution in [1.29, 1.82) is 0 Å². The third kappa shape index (κ3) is 3.65. The van der Waals surface area contributed by atoms with Gasteiger partial charge in [-0.1, -0.05) is 23.2 Å². The van der Waals surface area contributed by atoms with E-state index in [1.54, 1.807) is 30.5 Å². The quantitative estimate of drug-likeness (QED) is 0.894. The molecule has 0 radical (unpaired) electrons. The van der Waals surface area contributed by atoms with Gasteiger partial charge in [-0.3, -0.25) is 4.79 Å². The lowest BCUT2D eigenvalue weighted by molar-refractivity contribution is 0.0946. The molecule has 2 N–H and O–H groups in total. The number of hydrogen-bond acceptors (Lipinski definition) is 3. The summed E-state index contributed by atoms with van der Waals surface area (Å²) in [5.74, 6) is -0.126. The second-order valence-electron chi connectivity index (χ2n) is 4.93. The molecule has 2 aromatic rings. The van der Waals surface area contributed by atoms with Crippen LogP contribution in [0.25, 0.3) is 0 Å². The molecular formula is C15H13Cl2N3O. The number of pyridine rings is 1. The molecule has 108 valence electrons. The molecule has 3 rings (SSSR count). The third-order valence-corrected chi connectivity index (χ3v) is 3.86. The van der Waals surface area contributed by atoms with Gasteiger partial charge in [-0.2, -0.15) is 0 Å². The monoisotopic (exact) mass is 321 g/mol. The van der Waals surface area contributed by atoms with Gasteiger partial charge in [-0.25, -0.2) is 4.98 Å². The fraction of sp³-hybridized carbons (Fsp3) is 0.200. The van der Waals surface area contributed by atoms with Crippen molar-refractivity contribution < 1.29 is 4.79 Å². The number of amides is 1. The van der Waals surface area contributed by atoms with Crippen LogP contribution in [-0.2, 0) is 0 Å². The molecule has 0 spiro atoms. The maximum absolute atomic E-state index is 11.8. The Bertz CT molecular complexity index is 669. The van der Waals surface area contributed by atoms with Crippen molar-refractivity contribution >= 4 is 40.5 Å². The number of halogens is 2. The lowest BCUT2D eigenvalue weighted by Crippen LogP contribution is -2.26. The molecule has 1 saturated carbocycles. The number of hydrogen-bond donors (Lipinski definition) is 2. The highest BCUT2D eigenvalue weighted by atomic mass is 35.5. The molecular weight excluding hydrogens is 309 g/mol. The molecule has 21 heavy (non-hydrogen) atoms. The minimum absolute atomic E-state index is 0.126. The topological polar surface area (TPSA) is 54.0 Å². The summed E-state index contributed by atoms with van der Waals surface area (Å²) in [6, 6.07) is 9.10. The van der Waals surface area contributed by atoms with E-state index in [2.05, 4.69) is 15.6 Å². The molecule has 0 saturated heterocycles. The van der Waals surface area contributed by atoms with Gasteiger partial charge in [0.2, 0.25) is 0 Å². The molecule has 0 bridgehead atoms. The summed E-state index contributed by atoms with van der Waals surface area (Å²) in [7, 11) is 0. The van der Waals surface area contributed by atoms with Gasteiger partial charge in [0.15, 0.2) is 0 Å². The molecule has 1 aliphatic rings. The second kappa shape index (κ2) is 5.92. The van der Waals surface area contributed by atoms with E-state index < -0.39 is 0 Å². The average Bonchev–Trinajstić information content (AvgIpc) is 3.28. The van der Waals surface area contributed by atoms with Crippen molar-refractivity contribution in [3.05, 3.63) is 52.3 Å². The van der Waals surface area contributed by atoms with Crippen LogP contribution in [0.3, 0.4) is 0 Å². The van der Waals surface area contributed by atoms with Crippen LogP contribution in [0.15, 0.2) is 36.5 Å². The van der Waals surface area contributed by atoms with Gasteiger partial charge in [0, 0.05) is 11.7 Å². The van der Waals surface area contributed by atoms with Crippen LogP contribution in [0.2, 0.25) is 10.0 Å². The van der Waals surface area contributed by atoms with E-state index in [0.29, 0.717) is 21.8 Å². The molecule has 1 amide bonds. The van der Waals surface area contributed by atoms with E-state index in [1.807, 2.05) is 6.07 Å². The van der Waals surface area contributed by atoms with Gasteiger partial charge in [-0.15, -0.1) is 0 Å². The molecule has 0 aliphatic heterocycles. The number of nitrogens with zero attached hydrogens (tertiary/aromatic N) is 1. The Morgan fingerprint density at radius 1 is 1.10 bits per heavy atom. The number of aromatic nitrogens is 1. The summed E-state index contributed by atoms with van der Waals surface area (Å²) in [4.78, 5) is 16.0. The molecule has 1 fully saturated rings. The van der Waals surface area contributed by atoms with Crippen molar-refractivity contribution in [2.45, 2.75) is 18.9 Å². The highest BCUT2D eigenvalue weighted by Crippen LogP contribution is 2.26. The number of anilines is 2. The number of rotatable bonds is 4. The molecule has 1 heterocycles. The normalized spacial score (nSPS) is 13.8. The van der Waals surface area contributed by atoms with Crippen LogP contribution in [-0.4, -0.2) is 16.9 Å². The van der Waals surface area contributed by atoms with E-state index in [1.165, 1.54) is 0 Å². The smallest absolute Gasteiger partial charge is 0.270 e. The van der Waals surface area contributed by atoms with Gasteiger partial charge >= 0.3 is 0 Å². The Hall–Kier alpha value is -1.78. The first kappa shape index (κ1) is 14.2. The van der Waals surface area contributed by atoms with E-state index in [-0.39, 0.29) is 5.91 Å². The van der Waals surface area contributed by atoms with Crippen LogP contribution >= 0.6 is 23.2 Å². The molecule has 1 aromatic heterocycles. The third-order valence-electron chi connectivity index (χ3n) is 3.12. The summed E-state index contributed by atoms with van der Waals surface area (Å²) in [5.41, 5.74) is 2.00. The van der Waals surface area contributed by atoms with E-state index >= 15 is 0 Å². The Labute approximate surface area is 132 Å². The van der Waals surface area contributed by atoms with Crippen molar-refractivity contribution in [3.8, 4) is 0 Å². The second-order valence-corrected chi connectivity index (χ2v) is 5.75. The lowest BCUT2D eigenvalue weighted by atomic mass is 10.3. The predicted octanol–water partition coefficient (Wildman–Crippen LogP) is 4.02. The predicted molar refractivity (Wildman–Crippen MR) is 84.5 cm³/mol. The highest BCUT2D eigenvalue weighted by molar-refractivity contribution is 6.42. The van der Waals surface area contributed by atoms with Crippen molar-refractivity contribution in [3.63, 3.8) is 0 Å². The van der Waals surface area contributed by atoms with E-state index in [9.17, 15) is 4.79 Å². The van der Waals surface area contributed by atoms with Crippen molar-refractivity contribution in [1.82, 2.24) is 10.3 Å². The first-order valence-electron chi connectivity index (χ1n) is 6.61. The molecule has 4 nitrogen and oxygen atoms in total. The van der Waals surface area contributed by atoms with Gasteiger partial charge in [0.05, 0.1) is 21.9 Å². The summed E-state index contributed by atoms with van der Waals surface area (Å²) in [5, 5.41) is 7.04. The number of carbonyl (C=O) groups excluding carboxylic acids is 1. The van der Waals surface area contributed by atoms with E-state index in [0.717, 1.165) is 24.2 Å². The van der Waals surface area contributed by atoms with Crippen LogP contribution in [0.4, 0.5) is 11.4 Å². The summed E-state index contributed by atoms with van der Waals surface area (Å²) in [6.45, 7) is 0. The first-order chi connectivity index (χ1) is 10.1. The standard InChI is InChI=1S/C15H13Cl2N3O/c16-12-5-3-10(7-13(12)17)19-11-4-6-14(18-8-11)15(21)20-9-1-2-9/h3-9,19H,1-2H2,(H,20,21). The number of carbonyl (C=O) groups is 1. The SMILES string of the molecule is O=C(NC1CC1)c1ccc(Nc2ccc(Cl)c(Cl)c2)cn1. The molecule has 0 atom stereocenters. The average molecular weight is 322 g/mol. The van der Waals surface area contributed by atoms with Crippen LogP contribution < -0.4 is 10.6 Å². The van der Waals surface area contributed by atoms with Gasteiger partial charge in [0.25, 0.3) is 5.91 Å². The minimum Gasteiger partial charge on any atom is -0.354 e.